The Morgan fingerprint density at radius 3 is 2.89 bits per heavy atom. The Labute approximate surface area is 108 Å². The maximum atomic E-state index is 11.3. The molecule has 1 aromatic rings. The number of anilines is 1. The van der Waals surface area contributed by atoms with E-state index >= 15 is 0 Å². The van der Waals surface area contributed by atoms with Crippen molar-refractivity contribution in [3.8, 4) is 0 Å². The largest absolute Gasteiger partial charge is 0.460 e. The zero-order valence-corrected chi connectivity index (χ0v) is 11.4. The molecule has 5 nitrogen and oxygen atoms in total. The Morgan fingerprint density at radius 1 is 1.56 bits per heavy atom. The maximum absolute atomic E-state index is 11.3. The van der Waals surface area contributed by atoms with Crippen LogP contribution < -0.4 is 10.2 Å². The molecule has 0 aliphatic heterocycles. The van der Waals surface area contributed by atoms with Gasteiger partial charge in [0, 0.05) is 24.8 Å². The Balaban J connectivity index is 2.73. The number of aromatic nitrogens is 1. The summed E-state index contributed by atoms with van der Waals surface area (Å²) in [6.07, 6.45) is 1.74. The van der Waals surface area contributed by atoms with Crippen LogP contribution in [-0.2, 0) is 16.1 Å². The van der Waals surface area contributed by atoms with Gasteiger partial charge in [0.15, 0.2) is 0 Å². The van der Waals surface area contributed by atoms with Gasteiger partial charge in [-0.3, -0.25) is 4.79 Å². The normalized spacial score (nSPS) is 10.5. The summed E-state index contributed by atoms with van der Waals surface area (Å²) in [6, 6.07) is 4.11. The molecule has 0 saturated heterocycles. The number of carbonyl (C=O) groups is 1. The van der Waals surface area contributed by atoms with Gasteiger partial charge in [0.25, 0.3) is 0 Å². The van der Waals surface area contributed by atoms with Crippen molar-refractivity contribution < 1.29 is 9.53 Å². The number of ether oxygens (including phenoxy) is 1. The van der Waals surface area contributed by atoms with Crippen molar-refractivity contribution in [2.75, 3.05) is 25.5 Å². The minimum absolute atomic E-state index is 0.218. The molecule has 0 aliphatic carbocycles. The van der Waals surface area contributed by atoms with Crippen LogP contribution in [0, 0.1) is 0 Å². The van der Waals surface area contributed by atoms with Gasteiger partial charge >= 0.3 is 5.97 Å². The first-order chi connectivity index (χ1) is 8.56. The van der Waals surface area contributed by atoms with E-state index in [2.05, 4.69) is 29.0 Å². The number of pyridine rings is 1. The minimum Gasteiger partial charge on any atom is -0.460 e. The average molecular weight is 251 g/mol. The summed E-state index contributed by atoms with van der Waals surface area (Å²) >= 11 is 0. The van der Waals surface area contributed by atoms with E-state index < -0.39 is 0 Å². The second-order valence-corrected chi connectivity index (χ2v) is 4.38. The lowest BCUT2D eigenvalue weighted by Crippen LogP contribution is -2.28. The van der Waals surface area contributed by atoms with E-state index in [1.807, 2.05) is 19.2 Å². The molecule has 0 radical (unpaired) electrons. The van der Waals surface area contributed by atoms with E-state index in [1.165, 1.54) is 0 Å². The molecule has 1 aromatic heterocycles. The maximum Gasteiger partial charge on any atom is 0.320 e. The molecule has 5 heteroatoms. The fourth-order valence-corrected chi connectivity index (χ4v) is 1.46. The van der Waals surface area contributed by atoms with E-state index in [1.54, 1.807) is 13.2 Å². The second kappa shape index (κ2) is 6.96. The number of nitrogens with zero attached hydrogens (tertiary/aromatic N) is 2. The minimum atomic E-state index is -0.264. The molecule has 100 valence electrons. The first-order valence-electron chi connectivity index (χ1n) is 6.03. The van der Waals surface area contributed by atoms with Crippen LogP contribution in [0.25, 0.3) is 0 Å². The lowest BCUT2D eigenvalue weighted by Gasteiger charge is -2.24. The molecule has 1 rings (SSSR count). The third-order valence-electron chi connectivity index (χ3n) is 2.69. The van der Waals surface area contributed by atoms with E-state index in [-0.39, 0.29) is 19.1 Å². The van der Waals surface area contributed by atoms with Gasteiger partial charge in [-0.2, -0.15) is 0 Å². The van der Waals surface area contributed by atoms with Gasteiger partial charge in [-0.05, 0) is 27.0 Å². The van der Waals surface area contributed by atoms with E-state index in [0.717, 1.165) is 11.4 Å². The molecule has 0 spiro atoms. The third kappa shape index (κ3) is 4.00. The topological polar surface area (TPSA) is 54.5 Å². The number of hydrogen-bond acceptors (Lipinski definition) is 5. The van der Waals surface area contributed by atoms with E-state index in [9.17, 15) is 4.79 Å². The highest BCUT2D eigenvalue weighted by Gasteiger charge is 2.12. The molecule has 1 heterocycles. The molecule has 0 aromatic carbocycles. The Morgan fingerprint density at radius 2 is 2.28 bits per heavy atom. The number of hydrogen-bond donors (Lipinski definition) is 1. The van der Waals surface area contributed by atoms with E-state index in [0.29, 0.717) is 6.04 Å². The number of rotatable bonds is 6. The summed E-state index contributed by atoms with van der Waals surface area (Å²) in [5.74, 6) is 0.587. The van der Waals surface area contributed by atoms with Gasteiger partial charge in [0.1, 0.15) is 12.4 Å². The van der Waals surface area contributed by atoms with Gasteiger partial charge in [-0.15, -0.1) is 0 Å². The zero-order valence-electron chi connectivity index (χ0n) is 11.4. The first kappa shape index (κ1) is 14.4. The lowest BCUT2D eigenvalue weighted by atomic mass is 10.2. The molecule has 0 atom stereocenters. The molecule has 0 unspecified atom stereocenters. The van der Waals surface area contributed by atoms with Crippen LogP contribution in [0.5, 0.6) is 0 Å². The zero-order chi connectivity index (χ0) is 13.5. The Hall–Kier alpha value is -1.62. The summed E-state index contributed by atoms with van der Waals surface area (Å²) < 4.78 is 5.17. The van der Waals surface area contributed by atoms with Gasteiger partial charge in [0.05, 0.1) is 6.54 Å². The van der Waals surface area contributed by atoms with Crippen LogP contribution in [0.4, 0.5) is 5.82 Å². The highest BCUT2D eigenvalue weighted by atomic mass is 16.5. The lowest BCUT2D eigenvalue weighted by molar-refractivity contribution is -0.143. The molecule has 18 heavy (non-hydrogen) atoms. The fourth-order valence-electron chi connectivity index (χ4n) is 1.46. The molecule has 1 N–H and O–H groups in total. The van der Waals surface area contributed by atoms with Crippen LogP contribution >= 0.6 is 0 Å². The second-order valence-electron chi connectivity index (χ2n) is 4.38. The van der Waals surface area contributed by atoms with Crippen molar-refractivity contribution in [2.24, 2.45) is 0 Å². The third-order valence-corrected chi connectivity index (χ3v) is 2.69. The SMILES string of the molecule is CNCC(=O)OCc1cccnc1N(C)C(C)C. The van der Waals surface area contributed by atoms with Crippen molar-refractivity contribution in [2.45, 2.75) is 26.5 Å². The van der Waals surface area contributed by atoms with Crippen LogP contribution in [0.1, 0.15) is 19.4 Å². The van der Waals surface area contributed by atoms with Crippen molar-refractivity contribution in [1.29, 1.82) is 0 Å². The summed E-state index contributed by atoms with van der Waals surface area (Å²) in [6.45, 7) is 4.65. The highest BCUT2D eigenvalue weighted by molar-refractivity contribution is 5.71. The standard InChI is InChI=1S/C13H21N3O2/c1-10(2)16(4)13-11(6-5-7-15-13)9-18-12(17)8-14-3/h5-7,10,14H,8-9H2,1-4H3. The molecular formula is C13H21N3O2. The Kier molecular flexibility index (Phi) is 5.58. The smallest absolute Gasteiger partial charge is 0.320 e. The van der Waals surface area contributed by atoms with Crippen molar-refractivity contribution >= 4 is 11.8 Å². The summed E-state index contributed by atoms with van der Waals surface area (Å²) in [5, 5.41) is 2.76. The van der Waals surface area contributed by atoms with Crippen molar-refractivity contribution in [1.82, 2.24) is 10.3 Å². The average Bonchev–Trinajstić information content (AvgIpc) is 2.36. The number of carbonyl (C=O) groups excluding carboxylic acids is 1. The predicted molar refractivity (Wildman–Crippen MR) is 71.5 cm³/mol. The molecule has 0 aliphatic rings. The van der Waals surface area contributed by atoms with E-state index in [4.69, 9.17) is 4.74 Å². The fraction of sp³-hybridized carbons (Fsp3) is 0.538. The van der Waals surface area contributed by atoms with Crippen molar-refractivity contribution in [3.05, 3.63) is 23.9 Å². The number of likely N-dealkylation sites (N-methyl/N-ethyl adjacent to an activating group) is 1. The predicted octanol–water partition coefficient (Wildman–Crippen LogP) is 1.19. The summed E-state index contributed by atoms with van der Waals surface area (Å²) in [4.78, 5) is 17.7. The molecule has 0 bridgehead atoms. The first-order valence-corrected chi connectivity index (χ1v) is 6.03. The van der Waals surface area contributed by atoms with Crippen LogP contribution in [0.15, 0.2) is 18.3 Å². The molecule has 0 amide bonds. The highest BCUT2D eigenvalue weighted by Crippen LogP contribution is 2.18. The van der Waals surface area contributed by atoms with Gasteiger partial charge in [-0.25, -0.2) is 4.98 Å². The van der Waals surface area contributed by atoms with Crippen molar-refractivity contribution in [3.63, 3.8) is 0 Å². The quantitative estimate of drug-likeness (QED) is 0.770. The monoisotopic (exact) mass is 251 g/mol. The molecular weight excluding hydrogens is 230 g/mol. The van der Waals surface area contributed by atoms with Crippen LogP contribution in [0.3, 0.4) is 0 Å². The van der Waals surface area contributed by atoms with Gasteiger partial charge in [-0.1, -0.05) is 6.07 Å². The summed E-state index contributed by atoms with van der Waals surface area (Å²) in [7, 11) is 3.69. The van der Waals surface area contributed by atoms with Gasteiger partial charge < -0.3 is 15.0 Å². The Bertz CT molecular complexity index is 394. The molecule has 0 saturated carbocycles. The number of esters is 1. The van der Waals surface area contributed by atoms with Gasteiger partial charge in [0.2, 0.25) is 0 Å². The van der Waals surface area contributed by atoms with Crippen LogP contribution in [-0.4, -0.2) is 37.6 Å². The van der Waals surface area contributed by atoms with Crippen LogP contribution in [0.2, 0.25) is 0 Å². The molecule has 0 fully saturated rings. The summed E-state index contributed by atoms with van der Waals surface area (Å²) in [5.41, 5.74) is 0.915. The number of nitrogens with one attached hydrogen (secondary N) is 1.